The van der Waals surface area contributed by atoms with Gasteiger partial charge in [-0.25, -0.2) is 4.98 Å². The molecule has 0 aromatic carbocycles. The van der Waals surface area contributed by atoms with Crippen LogP contribution in [0.1, 0.15) is 37.0 Å². The second-order valence-corrected chi connectivity index (χ2v) is 3.89. The van der Waals surface area contributed by atoms with Crippen molar-refractivity contribution >= 4 is 12.4 Å². The Bertz CT molecular complexity index is 398. The summed E-state index contributed by atoms with van der Waals surface area (Å²) in [4.78, 5) is 25.2. The Hall–Kier alpha value is -1.85. The lowest BCUT2D eigenvalue weighted by Crippen LogP contribution is -2.24. The normalized spacial score (nSPS) is 16.8. The molecule has 0 spiro atoms. The van der Waals surface area contributed by atoms with Gasteiger partial charge in [0.15, 0.2) is 0 Å². The van der Waals surface area contributed by atoms with Crippen molar-refractivity contribution in [3.8, 4) is 0 Å². The second-order valence-electron chi connectivity index (χ2n) is 3.89. The van der Waals surface area contributed by atoms with Gasteiger partial charge in [-0.15, -0.1) is 0 Å². The van der Waals surface area contributed by atoms with E-state index in [4.69, 9.17) is 5.11 Å². The number of amides is 1. The number of carbonyl (C=O) groups excluding carboxylic acids is 1. The fraction of sp³-hybridized carbons (Fsp3) is 0.500. The monoisotopic (exact) mass is 223 g/mol. The lowest BCUT2D eigenvalue weighted by Gasteiger charge is -2.15. The van der Waals surface area contributed by atoms with Crippen molar-refractivity contribution in [1.29, 1.82) is 0 Å². The Kier molecular flexibility index (Phi) is 2.89. The fourth-order valence-corrected chi connectivity index (χ4v) is 1.75. The van der Waals surface area contributed by atoms with E-state index in [1.54, 1.807) is 12.5 Å². The van der Waals surface area contributed by atoms with Gasteiger partial charge < -0.3 is 15.0 Å². The number of aromatic nitrogens is 2. The summed E-state index contributed by atoms with van der Waals surface area (Å²) >= 11 is 0. The summed E-state index contributed by atoms with van der Waals surface area (Å²) in [6.07, 6.45) is 5.88. The molecule has 1 fully saturated rings. The van der Waals surface area contributed by atoms with Crippen LogP contribution in [0, 0.1) is 0 Å². The number of aliphatic carboxylic acids is 1. The van der Waals surface area contributed by atoms with Crippen LogP contribution in [0.5, 0.6) is 0 Å². The largest absolute Gasteiger partial charge is 0.481 e. The van der Waals surface area contributed by atoms with E-state index in [-0.39, 0.29) is 6.42 Å². The molecule has 0 saturated heterocycles. The third kappa shape index (κ3) is 2.21. The Balaban J connectivity index is 2.19. The molecule has 1 aromatic rings. The molecular weight excluding hydrogens is 210 g/mol. The Morgan fingerprint density at radius 3 is 3.06 bits per heavy atom. The molecule has 16 heavy (non-hydrogen) atoms. The number of nitrogens with zero attached hydrogens (tertiary/aromatic N) is 2. The first kappa shape index (κ1) is 10.7. The van der Waals surface area contributed by atoms with Crippen LogP contribution in [0.4, 0.5) is 0 Å². The van der Waals surface area contributed by atoms with Crippen LogP contribution in [-0.4, -0.2) is 27.0 Å². The molecule has 1 amide bonds. The van der Waals surface area contributed by atoms with Crippen molar-refractivity contribution in [1.82, 2.24) is 14.9 Å². The van der Waals surface area contributed by atoms with Gasteiger partial charge >= 0.3 is 5.97 Å². The minimum Gasteiger partial charge on any atom is -0.481 e. The van der Waals surface area contributed by atoms with Gasteiger partial charge in [-0.2, -0.15) is 0 Å². The topological polar surface area (TPSA) is 84.2 Å². The van der Waals surface area contributed by atoms with E-state index >= 15 is 0 Å². The van der Waals surface area contributed by atoms with Crippen LogP contribution in [0.2, 0.25) is 0 Å². The highest BCUT2D eigenvalue weighted by Crippen LogP contribution is 2.37. The fourth-order valence-electron chi connectivity index (χ4n) is 1.75. The van der Waals surface area contributed by atoms with Gasteiger partial charge in [0.1, 0.15) is 0 Å². The van der Waals surface area contributed by atoms with Crippen LogP contribution < -0.4 is 5.32 Å². The molecule has 1 aliphatic carbocycles. The molecule has 1 aromatic heterocycles. The van der Waals surface area contributed by atoms with Gasteiger partial charge in [-0.1, -0.05) is 0 Å². The van der Waals surface area contributed by atoms with Crippen molar-refractivity contribution in [3.05, 3.63) is 18.2 Å². The van der Waals surface area contributed by atoms with E-state index in [1.807, 2.05) is 4.57 Å². The number of imidazole rings is 1. The summed E-state index contributed by atoms with van der Waals surface area (Å²) in [7, 11) is 0. The summed E-state index contributed by atoms with van der Waals surface area (Å²) in [6, 6.07) is -0.0830. The molecule has 6 nitrogen and oxygen atoms in total. The van der Waals surface area contributed by atoms with Crippen LogP contribution in [0.15, 0.2) is 12.5 Å². The number of hydrogen-bond acceptors (Lipinski definition) is 3. The highest BCUT2D eigenvalue weighted by atomic mass is 16.4. The summed E-state index contributed by atoms with van der Waals surface area (Å²) in [5.41, 5.74) is 0.761. The molecule has 0 unspecified atom stereocenters. The van der Waals surface area contributed by atoms with E-state index in [9.17, 15) is 9.59 Å². The molecule has 1 aliphatic rings. The van der Waals surface area contributed by atoms with Gasteiger partial charge in [-0.05, 0) is 12.8 Å². The van der Waals surface area contributed by atoms with E-state index < -0.39 is 12.0 Å². The lowest BCUT2D eigenvalue weighted by molar-refractivity contribution is -0.137. The predicted molar refractivity (Wildman–Crippen MR) is 54.7 cm³/mol. The first-order valence-electron chi connectivity index (χ1n) is 5.15. The molecule has 1 heterocycles. The number of nitrogens with one attached hydrogen (secondary N) is 1. The van der Waals surface area contributed by atoms with Crippen molar-refractivity contribution < 1.29 is 14.7 Å². The first-order chi connectivity index (χ1) is 7.72. The van der Waals surface area contributed by atoms with Crippen molar-refractivity contribution in [2.24, 2.45) is 0 Å². The van der Waals surface area contributed by atoms with E-state index in [0.29, 0.717) is 12.5 Å². The molecule has 1 saturated carbocycles. The summed E-state index contributed by atoms with van der Waals surface area (Å²) in [5.74, 6) is -0.942. The number of carbonyl (C=O) groups is 2. The maximum atomic E-state index is 10.7. The predicted octanol–water partition coefficient (Wildman–Crippen LogP) is 0.480. The van der Waals surface area contributed by atoms with Gasteiger partial charge in [0.05, 0.1) is 30.7 Å². The highest BCUT2D eigenvalue weighted by Gasteiger charge is 2.28. The molecule has 1 atom stereocenters. The molecule has 0 aliphatic heterocycles. The standard InChI is InChI=1S/C10H13N3O3/c14-6-12-8(3-10(15)16)9-4-11-5-13(9)7-1-2-7/h4-8H,1-3H2,(H,12,14)(H,15,16)/t8-/m0/s1. The molecule has 2 rings (SSSR count). The van der Waals surface area contributed by atoms with E-state index in [2.05, 4.69) is 10.3 Å². The summed E-state index contributed by atoms with van der Waals surface area (Å²) < 4.78 is 1.95. The van der Waals surface area contributed by atoms with Gasteiger partial charge in [0.2, 0.25) is 6.41 Å². The van der Waals surface area contributed by atoms with E-state index in [0.717, 1.165) is 18.5 Å². The second kappa shape index (κ2) is 4.34. The van der Waals surface area contributed by atoms with Crippen LogP contribution in [0.25, 0.3) is 0 Å². The zero-order valence-corrected chi connectivity index (χ0v) is 8.67. The maximum absolute atomic E-state index is 10.7. The average molecular weight is 223 g/mol. The van der Waals surface area contributed by atoms with Gasteiger partial charge in [-0.3, -0.25) is 9.59 Å². The minimum absolute atomic E-state index is 0.128. The average Bonchev–Trinajstić information content (AvgIpc) is 2.95. The third-order valence-corrected chi connectivity index (χ3v) is 2.64. The summed E-state index contributed by atoms with van der Waals surface area (Å²) in [5, 5.41) is 11.3. The lowest BCUT2D eigenvalue weighted by atomic mass is 10.1. The molecule has 6 heteroatoms. The Morgan fingerprint density at radius 1 is 1.75 bits per heavy atom. The molecule has 0 radical (unpaired) electrons. The van der Waals surface area contributed by atoms with Gasteiger partial charge in [0.25, 0.3) is 0 Å². The molecule has 0 bridgehead atoms. The van der Waals surface area contributed by atoms with Crippen LogP contribution >= 0.6 is 0 Å². The number of hydrogen-bond donors (Lipinski definition) is 2. The van der Waals surface area contributed by atoms with Crippen molar-refractivity contribution in [2.45, 2.75) is 31.3 Å². The number of carboxylic acid groups (broad SMARTS) is 1. The SMILES string of the molecule is O=CN[C@@H](CC(=O)O)c1cncn1C1CC1. The molecule has 2 N–H and O–H groups in total. The van der Waals surface area contributed by atoms with Crippen LogP contribution in [-0.2, 0) is 9.59 Å². The Labute approximate surface area is 92.3 Å². The molecule has 86 valence electrons. The maximum Gasteiger partial charge on any atom is 0.305 e. The van der Waals surface area contributed by atoms with E-state index in [1.165, 1.54) is 0 Å². The Morgan fingerprint density at radius 2 is 2.50 bits per heavy atom. The zero-order valence-electron chi connectivity index (χ0n) is 8.67. The van der Waals surface area contributed by atoms with Crippen molar-refractivity contribution in [2.75, 3.05) is 0 Å². The van der Waals surface area contributed by atoms with Crippen molar-refractivity contribution in [3.63, 3.8) is 0 Å². The first-order valence-corrected chi connectivity index (χ1v) is 5.15. The molecular formula is C10H13N3O3. The quantitative estimate of drug-likeness (QED) is 0.687. The third-order valence-electron chi connectivity index (χ3n) is 2.64. The summed E-state index contributed by atoms with van der Waals surface area (Å²) in [6.45, 7) is 0. The number of rotatable bonds is 6. The van der Waals surface area contributed by atoms with Gasteiger partial charge in [0, 0.05) is 6.04 Å². The highest BCUT2D eigenvalue weighted by molar-refractivity contribution is 5.68. The minimum atomic E-state index is -0.942. The zero-order chi connectivity index (χ0) is 11.5. The number of carboxylic acids is 1. The van der Waals surface area contributed by atoms with Crippen LogP contribution in [0.3, 0.4) is 0 Å². The smallest absolute Gasteiger partial charge is 0.305 e.